The van der Waals surface area contributed by atoms with E-state index in [9.17, 15) is 14.7 Å². The van der Waals surface area contributed by atoms with Gasteiger partial charge in [0.05, 0.1) is 11.1 Å². The molecule has 0 bridgehead atoms. The molecule has 0 radical (unpaired) electrons. The fourth-order valence-corrected chi connectivity index (χ4v) is 3.60. The standard InChI is InChI=1S/C22H14INO3/c23-16-11-12-17-18(13-16)24(21(26)15-9-5-2-6-10-15)22(27)19(17)20(25)14-7-3-1-4-8-14/h1-13,27H. The SMILES string of the molecule is O=C(c1ccccc1)c1c(O)n(C(=O)c2ccccc2)c2cc(I)ccc12. The van der Waals surface area contributed by atoms with Crippen LogP contribution < -0.4 is 0 Å². The van der Waals surface area contributed by atoms with Gasteiger partial charge in [-0.2, -0.15) is 0 Å². The summed E-state index contributed by atoms with van der Waals surface area (Å²) in [5, 5.41) is 11.4. The zero-order valence-electron chi connectivity index (χ0n) is 14.1. The van der Waals surface area contributed by atoms with Gasteiger partial charge in [0.25, 0.3) is 5.91 Å². The molecule has 4 aromatic rings. The molecule has 0 amide bonds. The van der Waals surface area contributed by atoms with Crippen LogP contribution in [0.1, 0.15) is 26.3 Å². The van der Waals surface area contributed by atoms with Crippen LogP contribution in [0, 0.1) is 3.57 Å². The summed E-state index contributed by atoms with van der Waals surface area (Å²) in [6, 6.07) is 22.8. The molecule has 0 aliphatic heterocycles. The summed E-state index contributed by atoms with van der Waals surface area (Å²) in [7, 11) is 0. The number of carbonyl (C=O) groups is 2. The Labute approximate surface area is 169 Å². The third kappa shape index (κ3) is 3.04. The number of hydrogen-bond acceptors (Lipinski definition) is 3. The molecule has 0 unspecified atom stereocenters. The van der Waals surface area contributed by atoms with Gasteiger partial charge in [0.1, 0.15) is 0 Å². The number of carbonyl (C=O) groups excluding carboxylic acids is 2. The van der Waals surface area contributed by atoms with Crippen molar-refractivity contribution in [1.82, 2.24) is 4.57 Å². The predicted molar refractivity (Wildman–Crippen MR) is 112 cm³/mol. The number of aromatic nitrogens is 1. The highest BCUT2D eigenvalue weighted by atomic mass is 127. The Bertz CT molecular complexity index is 1160. The molecule has 0 aliphatic carbocycles. The van der Waals surface area contributed by atoms with Crippen molar-refractivity contribution in [2.75, 3.05) is 0 Å². The van der Waals surface area contributed by atoms with Crippen LogP contribution in [0.15, 0.2) is 78.9 Å². The van der Waals surface area contributed by atoms with Gasteiger partial charge in [0.2, 0.25) is 5.88 Å². The van der Waals surface area contributed by atoms with Crippen molar-refractivity contribution in [2.24, 2.45) is 0 Å². The number of hydrogen-bond donors (Lipinski definition) is 1. The van der Waals surface area contributed by atoms with Gasteiger partial charge in [0, 0.05) is 20.1 Å². The van der Waals surface area contributed by atoms with Gasteiger partial charge >= 0.3 is 0 Å². The maximum absolute atomic E-state index is 13.1. The average Bonchev–Trinajstić information content (AvgIpc) is 2.99. The molecule has 1 N–H and O–H groups in total. The second kappa shape index (κ2) is 7.00. The molecule has 5 heteroatoms. The lowest BCUT2D eigenvalue weighted by Crippen LogP contribution is -2.11. The first-order chi connectivity index (χ1) is 13.1. The van der Waals surface area contributed by atoms with E-state index in [2.05, 4.69) is 22.6 Å². The monoisotopic (exact) mass is 467 g/mol. The van der Waals surface area contributed by atoms with Crippen molar-refractivity contribution < 1.29 is 14.7 Å². The van der Waals surface area contributed by atoms with E-state index >= 15 is 0 Å². The van der Waals surface area contributed by atoms with Crippen LogP contribution in [0.25, 0.3) is 10.9 Å². The van der Waals surface area contributed by atoms with Gasteiger partial charge in [-0.25, -0.2) is 4.57 Å². The quantitative estimate of drug-likeness (QED) is 0.346. The van der Waals surface area contributed by atoms with Gasteiger partial charge in [-0.15, -0.1) is 0 Å². The Hall–Kier alpha value is -2.93. The van der Waals surface area contributed by atoms with E-state index in [0.29, 0.717) is 22.0 Å². The van der Waals surface area contributed by atoms with Crippen molar-refractivity contribution in [1.29, 1.82) is 0 Å². The number of benzene rings is 3. The first kappa shape index (κ1) is 17.5. The van der Waals surface area contributed by atoms with E-state index in [1.54, 1.807) is 60.7 Å². The fourth-order valence-electron chi connectivity index (χ4n) is 3.12. The lowest BCUT2D eigenvalue weighted by atomic mass is 10.0. The molecule has 0 saturated carbocycles. The first-order valence-corrected chi connectivity index (χ1v) is 9.38. The smallest absolute Gasteiger partial charge is 0.265 e. The molecule has 0 saturated heterocycles. The number of rotatable bonds is 3. The van der Waals surface area contributed by atoms with Crippen LogP contribution in [0.4, 0.5) is 0 Å². The van der Waals surface area contributed by atoms with Gasteiger partial charge in [-0.3, -0.25) is 9.59 Å². The van der Waals surface area contributed by atoms with Crippen molar-refractivity contribution in [3.8, 4) is 5.88 Å². The summed E-state index contributed by atoms with van der Waals surface area (Å²) < 4.78 is 2.11. The largest absolute Gasteiger partial charge is 0.494 e. The molecule has 3 aromatic carbocycles. The van der Waals surface area contributed by atoms with Crippen LogP contribution >= 0.6 is 22.6 Å². The summed E-state index contributed by atoms with van der Waals surface area (Å²) in [5.74, 6) is -1.04. The molecule has 0 aliphatic rings. The average molecular weight is 467 g/mol. The molecule has 0 atom stereocenters. The lowest BCUT2D eigenvalue weighted by Gasteiger charge is -2.06. The Balaban J connectivity index is 1.98. The molecule has 1 aromatic heterocycles. The van der Waals surface area contributed by atoms with Crippen LogP contribution in [-0.2, 0) is 0 Å². The van der Waals surface area contributed by atoms with Crippen LogP contribution in [0.3, 0.4) is 0 Å². The summed E-state index contributed by atoms with van der Waals surface area (Å²) in [6.45, 7) is 0. The number of halogens is 1. The second-order valence-corrected chi connectivity index (χ2v) is 7.31. The lowest BCUT2D eigenvalue weighted by molar-refractivity contribution is 0.0956. The fraction of sp³-hybridized carbons (Fsp3) is 0. The number of aromatic hydroxyl groups is 1. The Morgan fingerprint density at radius 1 is 0.815 bits per heavy atom. The molecule has 0 fully saturated rings. The Kier molecular flexibility index (Phi) is 4.53. The minimum Gasteiger partial charge on any atom is -0.494 e. The van der Waals surface area contributed by atoms with Crippen molar-refractivity contribution in [2.45, 2.75) is 0 Å². The molecule has 0 spiro atoms. The highest BCUT2D eigenvalue weighted by Gasteiger charge is 2.26. The highest BCUT2D eigenvalue weighted by molar-refractivity contribution is 14.1. The minimum absolute atomic E-state index is 0.136. The second-order valence-electron chi connectivity index (χ2n) is 6.06. The predicted octanol–water partition coefficient (Wildman–Crippen LogP) is 4.87. The van der Waals surface area contributed by atoms with Crippen molar-refractivity contribution in [3.63, 3.8) is 0 Å². The maximum Gasteiger partial charge on any atom is 0.265 e. The van der Waals surface area contributed by atoms with E-state index in [1.165, 1.54) is 4.57 Å². The van der Waals surface area contributed by atoms with E-state index in [1.807, 2.05) is 18.2 Å². The zero-order chi connectivity index (χ0) is 19.0. The summed E-state index contributed by atoms with van der Waals surface area (Å²) in [5.41, 5.74) is 1.53. The summed E-state index contributed by atoms with van der Waals surface area (Å²) >= 11 is 2.14. The van der Waals surface area contributed by atoms with Crippen molar-refractivity contribution >= 4 is 45.2 Å². The number of ketones is 1. The molecular weight excluding hydrogens is 453 g/mol. The van der Waals surface area contributed by atoms with Crippen LogP contribution in [-0.4, -0.2) is 21.4 Å². The van der Waals surface area contributed by atoms with E-state index in [4.69, 9.17) is 0 Å². The molecule has 132 valence electrons. The zero-order valence-corrected chi connectivity index (χ0v) is 16.3. The molecule has 1 heterocycles. The van der Waals surface area contributed by atoms with Crippen LogP contribution in [0.5, 0.6) is 5.88 Å². The normalized spacial score (nSPS) is 10.9. The van der Waals surface area contributed by atoms with Gasteiger partial charge < -0.3 is 5.11 Å². The van der Waals surface area contributed by atoms with Gasteiger partial charge in [0.15, 0.2) is 5.78 Å². The maximum atomic E-state index is 13.1. The summed E-state index contributed by atoms with van der Waals surface area (Å²) in [6.07, 6.45) is 0. The number of nitrogens with zero attached hydrogens (tertiary/aromatic N) is 1. The van der Waals surface area contributed by atoms with E-state index in [-0.39, 0.29) is 23.1 Å². The van der Waals surface area contributed by atoms with E-state index in [0.717, 1.165) is 3.57 Å². The van der Waals surface area contributed by atoms with Gasteiger partial charge in [-0.1, -0.05) is 54.6 Å². The van der Waals surface area contributed by atoms with Crippen LogP contribution in [0.2, 0.25) is 0 Å². The molecular formula is C22H14INO3. The Morgan fingerprint density at radius 3 is 2.04 bits per heavy atom. The van der Waals surface area contributed by atoms with Gasteiger partial charge in [-0.05, 0) is 46.9 Å². The molecule has 4 nitrogen and oxygen atoms in total. The minimum atomic E-state index is -0.382. The highest BCUT2D eigenvalue weighted by Crippen LogP contribution is 2.34. The van der Waals surface area contributed by atoms with E-state index < -0.39 is 0 Å². The third-order valence-corrected chi connectivity index (χ3v) is 5.06. The summed E-state index contributed by atoms with van der Waals surface area (Å²) in [4.78, 5) is 26.1. The number of fused-ring (bicyclic) bond motifs is 1. The molecule has 27 heavy (non-hydrogen) atoms. The Morgan fingerprint density at radius 2 is 1.41 bits per heavy atom. The third-order valence-electron chi connectivity index (χ3n) is 4.39. The topological polar surface area (TPSA) is 59.3 Å². The van der Waals surface area contributed by atoms with Crippen molar-refractivity contribution in [3.05, 3.63) is 99.1 Å². The molecule has 4 rings (SSSR count). The first-order valence-electron chi connectivity index (χ1n) is 8.30.